The van der Waals surface area contributed by atoms with Crippen LogP contribution in [0, 0.1) is 6.92 Å². The third kappa shape index (κ3) is 2.23. The van der Waals surface area contributed by atoms with Crippen molar-refractivity contribution >= 4 is 23.1 Å². The van der Waals surface area contributed by atoms with Crippen molar-refractivity contribution in [3.63, 3.8) is 0 Å². The average molecular weight is 250 g/mol. The molecule has 0 fully saturated rings. The lowest BCUT2D eigenvalue weighted by Gasteiger charge is -2.00. The molecule has 0 saturated carbocycles. The van der Waals surface area contributed by atoms with Crippen LogP contribution in [-0.4, -0.2) is 28.0 Å². The molecule has 2 heterocycles. The van der Waals surface area contributed by atoms with Crippen LogP contribution in [0.2, 0.25) is 0 Å². The van der Waals surface area contributed by atoms with Crippen LogP contribution in [0.25, 0.3) is 10.6 Å². The van der Waals surface area contributed by atoms with Gasteiger partial charge < -0.3 is 10.5 Å². The topological polar surface area (TPSA) is 91.0 Å². The number of hydrogen-bond acceptors (Lipinski definition) is 7. The van der Waals surface area contributed by atoms with E-state index < -0.39 is 5.97 Å². The second-order valence-corrected chi connectivity index (χ2v) is 4.10. The number of ether oxygens (including phenoxy) is 1. The van der Waals surface area contributed by atoms with E-state index >= 15 is 0 Å². The summed E-state index contributed by atoms with van der Waals surface area (Å²) in [5.41, 5.74) is 6.65. The highest BCUT2D eigenvalue weighted by Crippen LogP contribution is 2.27. The third-order valence-electron chi connectivity index (χ3n) is 2.07. The van der Waals surface area contributed by atoms with Gasteiger partial charge in [0.25, 0.3) is 0 Å². The Morgan fingerprint density at radius 1 is 1.47 bits per heavy atom. The molecule has 0 aliphatic rings. The molecule has 0 atom stereocenters. The first-order valence-corrected chi connectivity index (χ1v) is 5.63. The highest BCUT2D eigenvalue weighted by molar-refractivity contribution is 7.13. The number of anilines is 1. The molecule has 0 bridgehead atoms. The van der Waals surface area contributed by atoms with Crippen LogP contribution in [-0.2, 0) is 4.74 Å². The van der Waals surface area contributed by atoms with E-state index in [1.54, 1.807) is 18.5 Å². The Morgan fingerprint density at radius 2 is 2.24 bits per heavy atom. The second-order valence-electron chi connectivity index (χ2n) is 3.25. The standard InChI is InChI=1S/C10H10N4O2S/c1-5-12-3-6(8(11)13-5)9-14-7(4-17-9)10(15)16-2/h3-4H,1-2H3,(H2,11,12,13). The van der Waals surface area contributed by atoms with E-state index in [2.05, 4.69) is 19.7 Å². The lowest BCUT2D eigenvalue weighted by atomic mass is 10.3. The Hall–Kier alpha value is -2.02. The van der Waals surface area contributed by atoms with E-state index in [9.17, 15) is 4.79 Å². The van der Waals surface area contributed by atoms with E-state index in [4.69, 9.17) is 5.73 Å². The van der Waals surface area contributed by atoms with Crippen LogP contribution in [0.15, 0.2) is 11.6 Å². The number of carbonyl (C=O) groups is 1. The van der Waals surface area contributed by atoms with Crippen molar-refractivity contribution in [2.24, 2.45) is 0 Å². The molecular formula is C10H10N4O2S. The first-order valence-electron chi connectivity index (χ1n) is 4.75. The maximum Gasteiger partial charge on any atom is 0.357 e. The number of thiazole rings is 1. The predicted molar refractivity (Wildman–Crippen MR) is 63.6 cm³/mol. The molecule has 2 aromatic rings. The molecule has 2 N–H and O–H groups in total. The van der Waals surface area contributed by atoms with Gasteiger partial charge in [0.05, 0.1) is 12.7 Å². The molecule has 0 spiro atoms. The molecule has 0 aromatic carbocycles. The minimum absolute atomic E-state index is 0.257. The van der Waals surface area contributed by atoms with Gasteiger partial charge in [-0.3, -0.25) is 0 Å². The number of carbonyl (C=O) groups excluding carboxylic acids is 1. The molecule has 7 heteroatoms. The van der Waals surface area contributed by atoms with Crippen LogP contribution in [0.1, 0.15) is 16.3 Å². The monoisotopic (exact) mass is 250 g/mol. The lowest BCUT2D eigenvalue weighted by molar-refractivity contribution is 0.0595. The number of hydrogen-bond donors (Lipinski definition) is 1. The Morgan fingerprint density at radius 3 is 2.88 bits per heavy atom. The third-order valence-corrected chi connectivity index (χ3v) is 2.94. The van der Waals surface area contributed by atoms with Gasteiger partial charge in [-0.05, 0) is 6.92 Å². The largest absolute Gasteiger partial charge is 0.464 e. The van der Waals surface area contributed by atoms with Crippen molar-refractivity contribution in [1.29, 1.82) is 0 Å². The zero-order chi connectivity index (χ0) is 12.4. The minimum atomic E-state index is -0.473. The highest BCUT2D eigenvalue weighted by atomic mass is 32.1. The van der Waals surface area contributed by atoms with Crippen molar-refractivity contribution in [2.45, 2.75) is 6.92 Å². The summed E-state index contributed by atoms with van der Waals surface area (Å²) in [5, 5.41) is 2.21. The fourth-order valence-electron chi connectivity index (χ4n) is 1.25. The van der Waals surface area contributed by atoms with Gasteiger partial charge in [0.1, 0.15) is 16.6 Å². The first-order chi connectivity index (χ1) is 8.11. The number of nitrogens with zero attached hydrogens (tertiary/aromatic N) is 3. The van der Waals surface area contributed by atoms with Crippen LogP contribution in [0.4, 0.5) is 5.82 Å². The molecule has 6 nitrogen and oxygen atoms in total. The summed E-state index contributed by atoms with van der Waals surface area (Å²) in [6.07, 6.45) is 1.59. The first kappa shape index (κ1) is 11.5. The van der Waals surface area contributed by atoms with E-state index in [0.29, 0.717) is 22.2 Å². The minimum Gasteiger partial charge on any atom is -0.464 e. The summed E-state index contributed by atoms with van der Waals surface area (Å²) in [4.78, 5) is 23.5. The number of nitrogens with two attached hydrogens (primary N) is 1. The summed E-state index contributed by atoms with van der Waals surface area (Å²) in [7, 11) is 1.31. The molecule has 0 saturated heterocycles. The highest BCUT2D eigenvalue weighted by Gasteiger charge is 2.14. The zero-order valence-electron chi connectivity index (χ0n) is 9.30. The molecule has 88 valence electrons. The van der Waals surface area contributed by atoms with Gasteiger partial charge in [-0.15, -0.1) is 11.3 Å². The van der Waals surface area contributed by atoms with Gasteiger partial charge in [0.2, 0.25) is 0 Å². The maximum atomic E-state index is 11.3. The Kier molecular flexibility index (Phi) is 3.01. The van der Waals surface area contributed by atoms with Gasteiger partial charge in [-0.25, -0.2) is 19.7 Å². The van der Waals surface area contributed by atoms with E-state index in [-0.39, 0.29) is 5.69 Å². The lowest BCUT2D eigenvalue weighted by Crippen LogP contribution is -2.02. The SMILES string of the molecule is COC(=O)c1csc(-c2cnc(C)nc2N)n1. The molecule has 0 unspecified atom stereocenters. The number of aromatic nitrogens is 3. The summed E-state index contributed by atoms with van der Waals surface area (Å²) in [6, 6.07) is 0. The van der Waals surface area contributed by atoms with Crippen LogP contribution in [0.3, 0.4) is 0 Å². The summed E-state index contributed by atoms with van der Waals surface area (Å²) in [5.74, 6) is 0.471. The van der Waals surface area contributed by atoms with Crippen molar-refractivity contribution in [3.05, 3.63) is 23.1 Å². The molecular weight excluding hydrogens is 240 g/mol. The van der Waals surface area contributed by atoms with Crippen LogP contribution < -0.4 is 5.73 Å². The predicted octanol–water partition coefficient (Wildman–Crippen LogP) is 1.28. The molecule has 17 heavy (non-hydrogen) atoms. The van der Waals surface area contributed by atoms with E-state index in [0.717, 1.165) is 0 Å². The van der Waals surface area contributed by atoms with E-state index in [1.807, 2.05) is 0 Å². The molecule has 0 amide bonds. The number of esters is 1. The average Bonchev–Trinajstić information content (AvgIpc) is 2.77. The fourth-order valence-corrected chi connectivity index (χ4v) is 2.06. The summed E-state index contributed by atoms with van der Waals surface area (Å²) < 4.78 is 4.58. The Balaban J connectivity index is 2.40. The van der Waals surface area contributed by atoms with E-state index in [1.165, 1.54) is 18.4 Å². The summed E-state index contributed by atoms with van der Waals surface area (Å²) >= 11 is 1.29. The van der Waals surface area contributed by atoms with Crippen LogP contribution >= 0.6 is 11.3 Å². The molecule has 2 aromatic heterocycles. The Bertz CT molecular complexity index is 567. The normalized spacial score (nSPS) is 10.2. The van der Waals surface area contributed by atoms with Gasteiger partial charge in [0.15, 0.2) is 5.69 Å². The quantitative estimate of drug-likeness (QED) is 0.807. The number of methoxy groups -OCH3 is 1. The van der Waals surface area contributed by atoms with Crippen molar-refractivity contribution in [2.75, 3.05) is 12.8 Å². The van der Waals surface area contributed by atoms with Crippen molar-refractivity contribution < 1.29 is 9.53 Å². The van der Waals surface area contributed by atoms with Gasteiger partial charge in [0, 0.05) is 11.6 Å². The smallest absolute Gasteiger partial charge is 0.357 e. The Labute approximate surface area is 101 Å². The number of rotatable bonds is 2. The maximum absolute atomic E-state index is 11.3. The van der Waals surface area contributed by atoms with Gasteiger partial charge >= 0.3 is 5.97 Å². The van der Waals surface area contributed by atoms with Gasteiger partial charge in [-0.2, -0.15) is 0 Å². The molecule has 2 rings (SSSR count). The molecule has 0 aliphatic carbocycles. The zero-order valence-corrected chi connectivity index (χ0v) is 10.1. The number of aryl methyl sites for hydroxylation is 1. The molecule has 0 radical (unpaired) electrons. The van der Waals surface area contributed by atoms with Crippen LogP contribution in [0.5, 0.6) is 0 Å². The fraction of sp³-hybridized carbons (Fsp3) is 0.200. The number of nitrogen functional groups attached to an aromatic ring is 1. The van der Waals surface area contributed by atoms with Crippen molar-refractivity contribution in [1.82, 2.24) is 15.0 Å². The second kappa shape index (κ2) is 4.46. The summed E-state index contributed by atoms with van der Waals surface area (Å²) in [6.45, 7) is 1.75. The molecule has 0 aliphatic heterocycles. The van der Waals surface area contributed by atoms with Crippen molar-refractivity contribution in [3.8, 4) is 10.6 Å². The van der Waals surface area contributed by atoms with Gasteiger partial charge in [-0.1, -0.05) is 0 Å².